The van der Waals surface area contributed by atoms with Crippen LogP contribution in [0.2, 0.25) is 0 Å². The van der Waals surface area contributed by atoms with Gasteiger partial charge in [-0.3, -0.25) is 0 Å². The summed E-state index contributed by atoms with van der Waals surface area (Å²) in [7, 11) is 1.65. The highest BCUT2D eigenvalue weighted by atomic mass is 35.5. The van der Waals surface area contributed by atoms with Gasteiger partial charge in [0.25, 0.3) is 0 Å². The molecular formula is C16H20ClNO2. The van der Waals surface area contributed by atoms with Crippen LogP contribution in [0.1, 0.15) is 24.1 Å². The number of rotatable bonds is 5. The molecule has 1 unspecified atom stereocenters. The first-order valence-corrected chi connectivity index (χ1v) is 6.37. The third kappa shape index (κ3) is 3.89. The van der Waals surface area contributed by atoms with Crippen molar-refractivity contribution in [1.82, 2.24) is 0 Å². The summed E-state index contributed by atoms with van der Waals surface area (Å²) in [6.07, 6.45) is 0. The second-order valence-electron chi connectivity index (χ2n) is 4.25. The molecular weight excluding hydrogens is 274 g/mol. The second kappa shape index (κ2) is 7.78. The van der Waals surface area contributed by atoms with Crippen LogP contribution in [-0.4, -0.2) is 13.7 Å². The molecule has 2 N–H and O–H groups in total. The molecule has 0 saturated carbocycles. The van der Waals surface area contributed by atoms with E-state index in [4.69, 9.17) is 15.2 Å². The highest BCUT2D eigenvalue weighted by Gasteiger charge is 2.09. The first-order valence-electron chi connectivity index (χ1n) is 6.37. The van der Waals surface area contributed by atoms with E-state index in [1.165, 1.54) is 0 Å². The maximum absolute atomic E-state index is 6.25. The molecule has 4 heteroatoms. The zero-order valence-corrected chi connectivity index (χ0v) is 12.5. The third-order valence-electron chi connectivity index (χ3n) is 3.03. The topological polar surface area (TPSA) is 44.5 Å². The SMILES string of the molecule is CCOc1ccc(C(N)c2ccc(OC)cc2)cc1.Cl. The van der Waals surface area contributed by atoms with Crippen LogP contribution in [0.3, 0.4) is 0 Å². The minimum absolute atomic E-state index is 0. The average molecular weight is 294 g/mol. The first-order chi connectivity index (χ1) is 9.24. The molecule has 0 aliphatic heterocycles. The molecule has 0 heterocycles. The lowest BCUT2D eigenvalue weighted by Crippen LogP contribution is -2.11. The Balaban J connectivity index is 0.00000200. The average Bonchev–Trinajstić information content (AvgIpc) is 2.48. The lowest BCUT2D eigenvalue weighted by molar-refractivity contribution is 0.340. The predicted molar refractivity (Wildman–Crippen MR) is 83.9 cm³/mol. The van der Waals surface area contributed by atoms with Crippen molar-refractivity contribution in [2.24, 2.45) is 5.73 Å². The van der Waals surface area contributed by atoms with Crippen LogP contribution in [-0.2, 0) is 0 Å². The maximum Gasteiger partial charge on any atom is 0.119 e. The summed E-state index contributed by atoms with van der Waals surface area (Å²) in [4.78, 5) is 0. The van der Waals surface area contributed by atoms with E-state index in [0.29, 0.717) is 6.61 Å². The molecule has 0 bridgehead atoms. The summed E-state index contributed by atoms with van der Waals surface area (Å²) in [5, 5.41) is 0. The quantitative estimate of drug-likeness (QED) is 0.916. The minimum Gasteiger partial charge on any atom is -0.497 e. The summed E-state index contributed by atoms with van der Waals surface area (Å²) < 4.78 is 10.6. The molecule has 2 rings (SSSR count). The van der Waals surface area contributed by atoms with E-state index in [0.717, 1.165) is 22.6 Å². The molecule has 0 fully saturated rings. The molecule has 20 heavy (non-hydrogen) atoms. The maximum atomic E-state index is 6.25. The molecule has 0 aliphatic rings. The fourth-order valence-electron chi connectivity index (χ4n) is 1.94. The van der Waals surface area contributed by atoms with Gasteiger partial charge >= 0.3 is 0 Å². The van der Waals surface area contributed by atoms with E-state index in [2.05, 4.69) is 0 Å². The van der Waals surface area contributed by atoms with Crippen molar-refractivity contribution >= 4 is 12.4 Å². The predicted octanol–water partition coefficient (Wildman–Crippen LogP) is 3.56. The van der Waals surface area contributed by atoms with Gasteiger partial charge in [0.1, 0.15) is 11.5 Å². The number of hydrogen-bond acceptors (Lipinski definition) is 3. The molecule has 3 nitrogen and oxygen atoms in total. The number of halogens is 1. The number of methoxy groups -OCH3 is 1. The number of ether oxygens (including phenoxy) is 2. The number of hydrogen-bond donors (Lipinski definition) is 1. The van der Waals surface area contributed by atoms with Crippen LogP contribution < -0.4 is 15.2 Å². The summed E-state index contributed by atoms with van der Waals surface area (Å²) in [5.74, 6) is 1.70. The van der Waals surface area contributed by atoms with Gasteiger partial charge in [-0.15, -0.1) is 12.4 Å². The van der Waals surface area contributed by atoms with Gasteiger partial charge < -0.3 is 15.2 Å². The van der Waals surface area contributed by atoms with Crippen molar-refractivity contribution in [2.45, 2.75) is 13.0 Å². The Morgan fingerprint density at radius 1 is 0.900 bits per heavy atom. The molecule has 0 saturated heterocycles. The fourth-order valence-corrected chi connectivity index (χ4v) is 1.94. The Morgan fingerprint density at radius 3 is 1.75 bits per heavy atom. The molecule has 0 radical (unpaired) electrons. The van der Waals surface area contributed by atoms with Crippen LogP contribution in [0.5, 0.6) is 11.5 Å². The summed E-state index contributed by atoms with van der Waals surface area (Å²) in [5.41, 5.74) is 8.37. The minimum atomic E-state index is -0.137. The standard InChI is InChI=1S/C16H19NO2.ClH/c1-3-19-15-10-6-13(7-11-15)16(17)12-4-8-14(18-2)9-5-12;/h4-11,16H,3,17H2,1-2H3;1H. The van der Waals surface area contributed by atoms with E-state index < -0.39 is 0 Å². The van der Waals surface area contributed by atoms with Crippen LogP contribution >= 0.6 is 12.4 Å². The highest BCUT2D eigenvalue weighted by molar-refractivity contribution is 5.85. The molecule has 1 atom stereocenters. The number of benzene rings is 2. The van der Waals surface area contributed by atoms with Gasteiger partial charge in [-0.1, -0.05) is 24.3 Å². The smallest absolute Gasteiger partial charge is 0.119 e. The highest BCUT2D eigenvalue weighted by Crippen LogP contribution is 2.23. The molecule has 0 aromatic heterocycles. The molecule has 0 spiro atoms. The third-order valence-corrected chi connectivity index (χ3v) is 3.03. The largest absolute Gasteiger partial charge is 0.497 e. The van der Waals surface area contributed by atoms with E-state index in [-0.39, 0.29) is 18.4 Å². The Hall–Kier alpha value is -1.71. The van der Waals surface area contributed by atoms with E-state index >= 15 is 0 Å². The summed E-state index contributed by atoms with van der Waals surface area (Å²) in [6.45, 7) is 2.64. The van der Waals surface area contributed by atoms with Gasteiger partial charge in [0.15, 0.2) is 0 Å². The summed E-state index contributed by atoms with van der Waals surface area (Å²) >= 11 is 0. The van der Waals surface area contributed by atoms with Crippen LogP contribution in [0.4, 0.5) is 0 Å². The molecule has 2 aromatic rings. The van der Waals surface area contributed by atoms with Gasteiger partial charge in [-0.25, -0.2) is 0 Å². The van der Waals surface area contributed by atoms with Gasteiger partial charge in [-0.05, 0) is 42.3 Å². The van der Waals surface area contributed by atoms with Gasteiger partial charge in [0.05, 0.1) is 19.8 Å². The van der Waals surface area contributed by atoms with Gasteiger partial charge in [0.2, 0.25) is 0 Å². The van der Waals surface area contributed by atoms with Crippen molar-refractivity contribution in [3.8, 4) is 11.5 Å². The molecule has 108 valence electrons. The van der Waals surface area contributed by atoms with Crippen LogP contribution in [0.25, 0.3) is 0 Å². The zero-order valence-electron chi connectivity index (χ0n) is 11.7. The van der Waals surface area contributed by atoms with Crippen LogP contribution in [0, 0.1) is 0 Å². The van der Waals surface area contributed by atoms with Crippen molar-refractivity contribution in [2.75, 3.05) is 13.7 Å². The van der Waals surface area contributed by atoms with Gasteiger partial charge in [0, 0.05) is 0 Å². The van der Waals surface area contributed by atoms with Crippen LogP contribution in [0.15, 0.2) is 48.5 Å². The first kappa shape index (κ1) is 16.3. The van der Waals surface area contributed by atoms with E-state index in [1.807, 2.05) is 55.5 Å². The lowest BCUT2D eigenvalue weighted by Gasteiger charge is -2.13. The summed E-state index contributed by atoms with van der Waals surface area (Å²) in [6, 6.07) is 15.6. The molecule has 2 aromatic carbocycles. The number of nitrogens with two attached hydrogens (primary N) is 1. The Kier molecular flexibility index (Phi) is 6.36. The zero-order chi connectivity index (χ0) is 13.7. The van der Waals surface area contributed by atoms with Crippen molar-refractivity contribution < 1.29 is 9.47 Å². The monoisotopic (exact) mass is 293 g/mol. The normalized spacial score (nSPS) is 11.3. The fraction of sp³-hybridized carbons (Fsp3) is 0.250. The Morgan fingerprint density at radius 2 is 1.35 bits per heavy atom. The molecule has 0 amide bonds. The van der Waals surface area contributed by atoms with Crippen molar-refractivity contribution in [3.05, 3.63) is 59.7 Å². The van der Waals surface area contributed by atoms with Gasteiger partial charge in [-0.2, -0.15) is 0 Å². The lowest BCUT2D eigenvalue weighted by atomic mass is 9.99. The van der Waals surface area contributed by atoms with Crippen molar-refractivity contribution in [1.29, 1.82) is 0 Å². The second-order valence-corrected chi connectivity index (χ2v) is 4.25. The van der Waals surface area contributed by atoms with Crippen molar-refractivity contribution in [3.63, 3.8) is 0 Å². The Bertz CT molecular complexity index is 511. The van der Waals surface area contributed by atoms with E-state index in [1.54, 1.807) is 7.11 Å². The molecule has 0 aliphatic carbocycles. The Labute approximate surface area is 126 Å². The van der Waals surface area contributed by atoms with E-state index in [9.17, 15) is 0 Å².